The molecule has 0 heterocycles. The minimum absolute atomic E-state index is 0.140. The predicted molar refractivity (Wildman–Crippen MR) is 95.7 cm³/mol. The molecule has 0 fully saturated rings. The molecule has 0 saturated heterocycles. The van der Waals surface area contributed by atoms with Crippen molar-refractivity contribution in [2.24, 2.45) is 0 Å². The van der Waals surface area contributed by atoms with E-state index in [-0.39, 0.29) is 11.8 Å². The van der Waals surface area contributed by atoms with Crippen molar-refractivity contribution in [2.45, 2.75) is 70.8 Å². The van der Waals surface area contributed by atoms with E-state index in [0.717, 1.165) is 12.8 Å². The minimum atomic E-state index is -0.877. The molecular formula is C15H32N2O2SSi. The topological polar surface area (TPSA) is 58.2 Å². The number of hydrogen-bond donors (Lipinski definition) is 3. The van der Waals surface area contributed by atoms with Crippen LogP contribution >= 0.6 is 12.6 Å². The Morgan fingerprint density at radius 2 is 1.62 bits per heavy atom. The molecule has 1 atom stereocenters. The van der Waals surface area contributed by atoms with Gasteiger partial charge in [-0.2, -0.15) is 12.6 Å². The fourth-order valence-corrected chi connectivity index (χ4v) is 3.65. The summed E-state index contributed by atoms with van der Waals surface area (Å²) < 4.78 is 0. The zero-order valence-electron chi connectivity index (χ0n) is 14.0. The van der Waals surface area contributed by atoms with Gasteiger partial charge in [-0.25, -0.2) is 0 Å². The van der Waals surface area contributed by atoms with Crippen LogP contribution in [-0.2, 0) is 9.59 Å². The number of thiol groups is 1. The van der Waals surface area contributed by atoms with Gasteiger partial charge < -0.3 is 10.6 Å². The fraction of sp³-hybridized carbons (Fsp3) is 0.867. The number of carbonyl (C=O) groups is 2. The lowest BCUT2D eigenvalue weighted by Gasteiger charge is -2.15. The van der Waals surface area contributed by atoms with Crippen molar-refractivity contribution < 1.29 is 9.59 Å². The van der Waals surface area contributed by atoms with Gasteiger partial charge in [0.2, 0.25) is 11.8 Å². The number of nitrogens with one attached hydrogen (secondary N) is 2. The van der Waals surface area contributed by atoms with Crippen LogP contribution in [0, 0.1) is 0 Å². The Labute approximate surface area is 136 Å². The first-order valence-corrected chi connectivity index (χ1v) is 12.3. The average molecular weight is 333 g/mol. The molecule has 0 spiro atoms. The van der Waals surface area contributed by atoms with Crippen LogP contribution in [0.1, 0.15) is 39.0 Å². The predicted octanol–water partition coefficient (Wildman–Crippen LogP) is 2.83. The van der Waals surface area contributed by atoms with E-state index in [0.29, 0.717) is 12.3 Å². The Bertz CT molecular complexity index is 319. The van der Waals surface area contributed by atoms with E-state index in [9.17, 15) is 9.59 Å². The summed E-state index contributed by atoms with van der Waals surface area (Å²) in [5.41, 5.74) is 0. The summed E-state index contributed by atoms with van der Waals surface area (Å²) in [5, 5.41) is 5.45. The second-order valence-electron chi connectivity index (χ2n) is 6.81. The van der Waals surface area contributed by atoms with Gasteiger partial charge in [-0.15, -0.1) is 0 Å². The second kappa shape index (κ2) is 11.1. The van der Waals surface area contributed by atoms with E-state index in [4.69, 9.17) is 0 Å². The van der Waals surface area contributed by atoms with E-state index in [2.05, 4.69) is 42.9 Å². The molecule has 21 heavy (non-hydrogen) atoms. The molecule has 0 aliphatic heterocycles. The van der Waals surface area contributed by atoms with Crippen LogP contribution in [-0.4, -0.2) is 38.2 Å². The zero-order chi connectivity index (χ0) is 16.3. The number of rotatable bonds is 11. The molecule has 0 aromatic carbocycles. The normalized spacial score (nSPS) is 12.8. The van der Waals surface area contributed by atoms with Gasteiger partial charge in [0.15, 0.2) is 0 Å². The Morgan fingerprint density at radius 1 is 1.05 bits per heavy atom. The molecule has 0 aromatic heterocycles. The van der Waals surface area contributed by atoms with Crippen LogP contribution in [0.2, 0.25) is 25.7 Å². The van der Waals surface area contributed by atoms with Crippen molar-refractivity contribution in [1.82, 2.24) is 10.6 Å². The van der Waals surface area contributed by atoms with Crippen molar-refractivity contribution in [3.05, 3.63) is 0 Å². The first-order chi connectivity index (χ1) is 9.76. The fourth-order valence-electron chi connectivity index (χ4n) is 2.08. The molecule has 0 saturated carbocycles. The van der Waals surface area contributed by atoms with Gasteiger partial charge in [0, 0.05) is 27.3 Å². The first kappa shape index (κ1) is 20.5. The Kier molecular flexibility index (Phi) is 10.9. The highest BCUT2D eigenvalue weighted by Crippen LogP contribution is 2.14. The van der Waals surface area contributed by atoms with E-state index in [1.807, 2.05) is 0 Å². The molecule has 0 aromatic rings. The third kappa shape index (κ3) is 12.9. The molecule has 0 unspecified atom stereocenters. The largest absolute Gasteiger partial charge is 0.354 e. The number of unbranched alkanes of at least 4 members (excludes halogenated alkanes) is 4. The van der Waals surface area contributed by atoms with Crippen LogP contribution in [0.25, 0.3) is 0 Å². The minimum Gasteiger partial charge on any atom is -0.354 e. The van der Waals surface area contributed by atoms with Crippen LogP contribution in [0.15, 0.2) is 0 Å². The highest BCUT2D eigenvalue weighted by molar-refractivity contribution is 7.80. The summed E-state index contributed by atoms with van der Waals surface area (Å²) in [6, 6.07) is 0.881. The molecule has 0 rings (SSSR count). The number of carbonyl (C=O) groups excluding carboxylic acids is 2. The van der Waals surface area contributed by atoms with Crippen molar-refractivity contribution in [1.29, 1.82) is 0 Å². The molecule has 0 aliphatic carbocycles. The Morgan fingerprint density at radius 3 is 2.14 bits per heavy atom. The standard InChI is InChI=1S/C15H32N2O2SSi/c1-13(18)17-14(12-20)15(19)16-10-8-6-5-7-9-11-21(2,3)4/h14,20H,5-12H2,1-4H3,(H,16,19)(H,17,18)/t14-/m0/s1. The smallest absolute Gasteiger partial charge is 0.243 e. The van der Waals surface area contributed by atoms with Crippen LogP contribution < -0.4 is 10.6 Å². The molecule has 2 N–H and O–H groups in total. The summed E-state index contributed by atoms with van der Waals surface area (Å²) in [7, 11) is -0.877. The number of amides is 2. The Balaban J connectivity index is 3.57. The molecule has 2 amide bonds. The molecular weight excluding hydrogens is 300 g/mol. The van der Waals surface area contributed by atoms with Crippen LogP contribution in [0.4, 0.5) is 0 Å². The van der Waals surface area contributed by atoms with Crippen molar-refractivity contribution in [3.63, 3.8) is 0 Å². The molecule has 6 heteroatoms. The van der Waals surface area contributed by atoms with Crippen LogP contribution in [0.3, 0.4) is 0 Å². The van der Waals surface area contributed by atoms with Gasteiger partial charge in [0.05, 0.1) is 0 Å². The lowest BCUT2D eigenvalue weighted by molar-refractivity contribution is -0.127. The third-order valence-electron chi connectivity index (χ3n) is 3.28. The SMILES string of the molecule is CC(=O)N[C@@H](CS)C(=O)NCCCCCCC[Si](C)(C)C. The van der Waals surface area contributed by atoms with Gasteiger partial charge in [-0.05, 0) is 6.42 Å². The summed E-state index contributed by atoms with van der Waals surface area (Å²) in [6.45, 7) is 9.32. The molecule has 0 radical (unpaired) electrons. The van der Waals surface area contributed by atoms with E-state index in [1.54, 1.807) is 0 Å². The van der Waals surface area contributed by atoms with E-state index < -0.39 is 14.1 Å². The summed E-state index contributed by atoms with van der Waals surface area (Å²) in [4.78, 5) is 22.7. The number of hydrogen-bond acceptors (Lipinski definition) is 3. The van der Waals surface area contributed by atoms with Gasteiger partial charge in [0.1, 0.15) is 6.04 Å². The third-order valence-corrected chi connectivity index (χ3v) is 5.50. The lowest BCUT2D eigenvalue weighted by atomic mass is 10.1. The van der Waals surface area contributed by atoms with E-state index in [1.165, 1.54) is 32.2 Å². The lowest BCUT2D eigenvalue weighted by Crippen LogP contribution is -2.47. The van der Waals surface area contributed by atoms with Gasteiger partial charge in [-0.3, -0.25) is 9.59 Å². The first-order valence-electron chi connectivity index (χ1n) is 7.92. The highest BCUT2D eigenvalue weighted by atomic mass is 32.1. The van der Waals surface area contributed by atoms with Crippen LogP contribution in [0.5, 0.6) is 0 Å². The monoisotopic (exact) mass is 332 g/mol. The maximum Gasteiger partial charge on any atom is 0.243 e. The van der Waals surface area contributed by atoms with Crippen molar-refractivity contribution >= 4 is 32.5 Å². The molecule has 0 bridgehead atoms. The summed E-state index contributed by atoms with van der Waals surface area (Å²) in [6.07, 6.45) is 6.02. The molecule has 0 aliphatic rings. The van der Waals surface area contributed by atoms with Crippen molar-refractivity contribution in [2.75, 3.05) is 12.3 Å². The quantitative estimate of drug-likeness (QED) is 0.309. The Hall–Kier alpha value is -0.493. The highest BCUT2D eigenvalue weighted by Gasteiger charge is 2.16. The second-order valence-corrected chi connectivity index (χ2v) is 12.8. The van der Waals surface area contributed by atoms with Gasteiger partial charge in [-0.1, -0.05) is 51.4 Å². The summed E-state index contributed by atoms with van der Waals surface area (Å²) in [5.74, 6) is -0.0206. The summed E-state index contributed by atoms with van der Waals surface area (Å²) >= 11 is 4.08. The van der Waals surface area contributed by atoms with Crippen molar-refractivity contribution in [3.8, 4) is 0 Å². The van der Waals surface area contributed by atoms with E-state index >= 15 is 0 Å². The van der Waals surface area contributed by atoms with Gasteiger partial charge >= 0.3 is 0 Å². The van der Waals surface area contributed by atoms with Gasteiger partial charge in [0.25, 0.3) is 0 Å². The molecule has 124 valence electrons. The maximum atomic E-state index is 11.8. The molecule has 4 nitrogen and oxygen atoms in total. The zero-order valence-corrected chi connectivity index (χ0v) is 15.9. The maximum absolute atomic E-state index is 11.8. The average Bonchev–Trinajstić information content (AvgIpc) is 2.37.